The van der Waals surface area contributed by atoms with Crippen molar-refractivity contribution < 1.29 is 4.79 Å². The van der Waals surface area contributed by atoms with E-state index in [0.29, 0.717) is 12.4 Å². The smallest absolute Gasteiger partial charge is 0.346 e. The molecule has 1 N–H and O–H groups in total. The molecule has 0 fully saturated rings. The Labute approximate surface area is 163 Å². The zero-order valence-electron chi connectivity index (χ0n) is 16.9. The van der Waals surface area contributed by atoms with Gasteiger partial charge in [-0.25, -0.2) is 9.48 Å². The summed E-state index contributed by atoms with van der Waals surface area (Å²) in [5.41, 5.74) is 3.60. The number of aromatic nitrogens is 5. The number of aryl methyl sites for hydroxylation is 3. The molecule has 148 valence electrons. The number of nitrogens with zero attached hydrogens (tertiary/aromatic N) is 5. The molecule has 0 radical (unpaired) electrons. The van der Waals surface area contributed by atoms with Gasteiger partial charge in [0.05, 0.1) is 18.3 Å². The zero-order chi connectivity index (χ0) is 20.4. The van der Waals surface area contributed by atoms with E-state index in [1.807, 2.05) is 58.2 Å². The van der Waals surface area contributed by atoms with Crippen LogP contribution in [0.4, 0.5) is 0 Å². The molecule has 1 amide bonds. The van der Waals surface area contributed by atoms with Crippen LogP contribution in [0.5, 0.6) is 0 Å². The van der Waals surface area contributed by atoms with Crippen LogP contribution in [0.15, 0.2) is 35.1 Å². The van der Waals surface area contributed by atoms with Crippen molar-refractivity contribution in [3.63, 3.8) is 0 Å². The fourth-order valence-corrected chi connectivity index (χ4v) is 3.51. The first-order chi connectivity index (χ1) is 13.3. The molecular formula is C20H26N6O2. The summed E-state index contributed by atoms with van der Waals surface area (Å²) >= 11 is 0. The summed E-state index contributed by atoms with van der Waals surface area (Å²) < 4.78 is 4.58. The standard InChI is InChI=1S/C20H26N6O2/c1-13(19-14(2)22-24(5)15(19)3)21-18(27)12-26-20(28)25(16(4)23-26)11-17-9-7-6-8-10-17/h6-10,13H,11-12H2,1-5H3,(H,21,27)/t13-/m0/s1. The normalized spacial score (nSPS) is 12.2. The number of hydrogen-bond acceptors (Lipinski definition) is 4. The highest BCUT2D eigenvalue weighted by molar-refractivity contribution is 5.76. The monoisotopic (exact) mass is 382 g/mol. The molecule has 0 saturated heterocycles. The van der Waals surface area contributed by atoms with Crippen molar-refractivity contribution in [3.8, 4) is 0 Å². The van der Waals surface area contributed by atoms with Gasteiger partial charge >= 0.3 is 5.69 Å². The van der Waals surface area contributed by atoms with Crippen molar-refractivity contribution in [1.29, 1.82) is 0 Å². The maximum absolute atomic E-state index is 12.7. The Bertz CT molecular complexity index is 1040. The molecule has 0 bridgehead atoms. The molecule has 2 heterocycles. The summed E-state index contributed by atoms with van der Waals surface area (Å²) in [4.78, 5) is 25.2. The minimum Gasteiger partial charge on any atom is -0.348 e. The third kappa shape index (κ3) is 3.90. The SMILES string of the molecule is Cc1nn(C)c(C)c1[C@H](C)NC(=O)Cn1nc(C)n(Cc2ccccc2)c1=O. The average molecular weight is 382 g/mol. The summed E-state index contributed by atoms with van der Waals surface area (Å²) in [5.74, 6) is 0.315. The van der Waals surface area contributed by atoms with Gasteiger partial charge in [-0.3, -0.25) is 14.0 Å². The Morgan fingerprint density at radius 1 is 1.14 bits per heavy atom. The molecule has 0 unspecified atom stereocenters. The number of nitrogens with one attached hydrogen (secondary N) is 1. The molecule has 0 aliphatic heterocycles. The number of amides is 1. The van der Waals surface area contributed by atoms with E-state index in [1.165, 1.54) is 4.68 Å². The van der Waals surface area contributed by atoms with E-state index in [4.69, 9.17) is 0 Å². The molecule has 8 heteroatoms. The van der Waals surface area contributed by atoms with Crippen LogP contribution in [0.2, 0.25) is 0 Å². The Morgan fingerprint density at radius 3 is 2.43 bits per heavy atom. The van der Waals surface area contributed by atoms with Gasteiger partial charge < -0.3 is 5.32 Å². The fraction of sp³-hybridized carbons (Fsp3) is 0.400. The van der Waals surface area contributed by atoms with E-state index < -0.39 is 0 Å². The Balaban J connectivity index is 1.72. The van der Waals surface area contributed by atoms with E-state index in [1.54, 1.807) is 16.2 Å². The summed E-state index contributed by atoms with van der Waals surface area (Å²) in [7, 11) is 1.88. The molecule has 2 aromatic heterocycles. The minimum absolute atomic E-state index is 0.121. The molecule has 0 aliphatic carbocycles. The second-order valence-corrected chi connectivity index (χ2v) is 7.06. The summed E-state index contributed by atoms with van der Waals surface area (Å²) in [6.07, 6.45) is 0. The maximum Gasteiger partial charge on any atom is 0.346 e. The van der Waals surface area contributed by atoms with Crippen LogP contribution < -0.4 is 11.0 Å². The van der Waals surface area contributed by atoms with Crippen molar-refractivity contribution in [2.24, 2.45) is 7.05 Å². The van der Waals surface area contributed by atoms with E-state index >= 15 is 0 Å². The number of rotatable bonds is 6. The third-order valence-electron chi connectivity index (χ3n) is 4.96. The fourth-order valence-electron chi connectivity index (χ4n) is 3.51. The number of carbonyl (C=O) groups is 1. The third-order valence-corrected chi connectivity index (χ3v) is 4.96. The summed E-state index contributed by atoms with van der Waals surface area (Å²) in [6, 6.07) is 9.49. The minimum atomic E-state index is -0.294. The van der Waals surface area contributed by atoms with Crippen LogP contribution in [-0.4, -0.2) is 30.0 Å². The first-order valence-corrected chi connectivity index (χ1v) is 9.25. The van der Waals surface area contributed by atoms with Gasteiger partial charge in [0.25, 0.3) is 0 Å². The number of benzene rings is 1. The van der Waals surface area contributed by atoms with Crippen molar-refractivity contribution >= 4 is 5.91 Å². The Kier molecular flexibility index (Phi) is 5.48. The van der Waals surface area contributed by atoms with Gasteiger partial charge in [0.2, 0.25) is 5.91 Å². The Hall–Kier alpha value is -3.16. The number of hydrogen-bond donors (Lipinski definition) is 1. The summed E-state index contributed by atoms with van der Waals surface area (Å²) in [6.45, 7) is 7.88. The Morgan fingerprint density at radius 2 is 1.82 bits per heavy atom. The second-order valence-electron chi connectivity index (χ2n) is 7.06. The molecule has 28 heavy (non-hydrogen) atoms. The first-order valence-electron chi connectivity index (χ1n) is 9.25. The first kappa shape index (κ1) is 19.6. The van der Waals surface area contributed by atoms with E-state index in [2.05, 4.69) is 15.5 Å². The van der Waals surface area contributed by atoms with Crippen LogP contribution in [0.25, 0.3) is 0 Å². The zero-order valence-corrected chi connectivity index (χ0v) is 16.9. The van der Waals surface area contributed by atoms with Gasteiger partial charge in [-0.15, -0.1) is 0 Å². The molecule has 1 aromatic carbocycles. The van der Waals surface area contributed by atoms with Crippen LogP contribution in [0, 0.1) is 20.8 Å². The van der Waals surface area contributed by atoms with Crippen molar-refractivity contribution in [2.45, 2.75) is 46.8 Å². The van der Waals surface area contributed by atoms with Gasteiger partial charge in [-0.2, -0.15) is 10.2 Å². The average Bonchev–Trinajstić information content (AvgIpc) is 3.04. The molecule has 3 rings (SSSR count). The van der Waals surface area contributed by atoms with Crippen LogP contribution in [0.3, 0.4) is 0 Å². The molecule has 3 aromatic rings. The van der Waals surface area contributed by atoms with Crippen LogP contribution in [-0.2, 0) is 24.9 Å². The molecule has 0 aliphatic rings. The summed E-state index contributed by atoms with van der Waals surface area (Å²) in [5, 5.41) is 11.6. The van der Waals surface area contributed by atoms with Gasteiger partial charge in [0.1, 0.15) is 12.4 Å². The lowest BCUT2D eigenvalue weighted by atomic mass is 10.1. The van der Waals surface area contributed by atoms with E-state index in [-0.39, 0.29) is 24.2 Å². The van der Waals surface area contributed by atoms with Crippen LogP contribution in [0.1, 0.15) is 41.3 Å². The number of carbonyl (C=O) groups excluding carboxylic acids is 1. The van der Waals surface area contributed by atoms with Gasteiger partial charge in [0.15, 0.2) is 0 Å². The molecule has 0 spiro atoms. The highest BCUT2D eigenvalue weighted by Gasteiger charge is 2.19. The predicted molar refractivity (Wildman–Crippen MR) is 106 cm³/mol. The molecule has 0 saturated carbocycles. The van der Waals surface area contributed by atoms with Crippen LogP contribution >= 0.6 is 0 Å². The van der Waals surface area contributed by atoms with Gasteiger partial charge in [-0.05, 0) is 33.3 Å². The molecule has 1 atom stereocenters. The van der Waals surface area contributed by atoms with Gasteiger partial charge in [-0.1, -0.05) is 30.3 Å². The van der Waals surface area contributed by atoms with Gasteiger partial charge in [0, 0.05) is 18.3 Å². The van der Waals surface area contributed by atoms with E-state index in [0.717, 1.165) is 22.5 Å². The van der Waals surface area contributed by atoms with Crippen molar-refractivity contribution in [2.75, 3.05) is 0 Å². The maximum atomic E-state index is 12.7. The second kappa shape index (κ2) is 7.84. The largest absolute Gasteiger partial charge is 0.348 e. The molecular weight excluding hydrogens is 356 g/mol. The van der Waals surface area contributed by atoms with Crippen molar-refractivity contribution in [1.82, 2.24) is 29.4 Å². The predicted octanol–water partition coefficient (Wildman–Crippen LogP) is 1.63. The van der Waals surface area contributed by atoms with Crippen molar-refractivity contribution in [3.05, 3.63) is 69.2 Å². The highest BCUT2D eigenvalue weighted by atomic mass is 16.2. The lowest BCUT2D eigenvalue weighted by Gasteiger charge is -2.14. The quantitative estimate of drug-likeness (QED) is 0.702. The van der Waals surface area contributed by atoms with E-state index in [9.17, 15) is 9.59 Å². The molecule has 8 nitrogen and oxygen atoms in total. The lowest BCUT2D eigenvalue weighted by Crippen LogP contribution is -2.35. The topological polar surface area (TPSA) is 86.7 Å². The lowest BCUT2D eigenvalue weighted by molar-refractivity contribution is -0.122. The highest BCUT2D eigenvalue weighted by Crippen LogP contribution is 2.20.